The zero-order valence-corrected chi connectivity index (χ0v) is 12.9. The summed E-state index contributed by atoms with van der Waals surface area (Å²) in [5, 5.41) is 9.40. The van der Waals surface area contributed by atoms with Crippen LogP contribution in [0.5, 0.6) is 0 Å². The number of rotatable bonds is 7. The molecule has 6 heteroatoms. The van der Waals surface area contributed by atoms with Gasteiger partial charge in [-0.05, 0) is 23.3 Å². The molecule has 2 aromatic rings. The molecule has 1 unspecified atom stereocenters. The molecule has 0 radical (unpaired) electrons. The summed E-state index contributed by atoms with van der Waals surface area (Å²) in [5.74, 6) is -0.412. The van der Waals surface area contributed by atoms with Gasteiger partial charge in [-0.3, -0.25) is 4.98 Å². The normalized spacial score (nSPS) is 12.4. The first kappa shape index (κ1) is 16.8. The van der Waals surface area contributed by atoms with Crippen molar-refractivity contribution in [3.8, 4) is 0 Å². The standard InChI is InChI=1S/C16H17ClFNO3/c1-21-10-22-15(9-20)14-6-5-11(8-19-14)7-12-3-2-4-13(17)16(12)18/h2-6,8,15,20H,7,9-10H2,1H3. The predicted molar refractivity (Wildman–Crippen MR) is 81.2 cm³/mol. The van der Waals surface area contributed by atoms with E-state index in [1.807, 2.05) is 6.07 Å². The summed E-state index contributed by atoms with van der Waals surface area (Å²) in [6.07, 6.45) is 1.48. The summed E-state index contributed by atoms with van der Waals surface area (Å²) >= 11 is 5.77. The van der Waals surface area contributed by atoms with Crippen molar-refractivity contribution in [2.24, 2.45) is 0 Å². The molecule has 0 fully saturated rings. The molecule has 0 spiro atoms. The van der Waals surface area contributed by atoms with E-state index in [-0.39, 0.29) is 18.4 Å². The van der Waals surface area contributed by atoms with Crippen molar-refractivity contribution in [3.05, 3.63) is 64.2 Å². The molecule has 0 amide bonds. The Morgan fingerprint density at radius 2 is 2.14 bits per heavy atom. The van der Waals surface area contributed by atoms with Crippen LogP contribution in [0.3, 0.4) is 0 Å². The first-order valence-electron chi connectivity index (χ1n) is 6.74. The number of hydrogen-bond donors (Lipinski definition) is 1. The Morgan fingerprint density at radius 3 is 2.77 bits per heavy atom. The monoisotopic (exact) mass is 325 g/mol. The molecule has 22 heavy (non-hydrogen) atoms. The van der Waals surface area contributed by atoms with Crippen molar-refractivity contribution >= 4 is 11.6 Å². The van der Waals surface area contributed by atoms with Crippen LogP contribution >= 0.6 is 11.6 Å². The fraction of sp³-hybridized carbons (Fsp3) is 0.312. The average molecular weight is 326 g/mol. The Morgan fingerprint density at radius 1 is 1.32 bits per heavy atom. The van der Waals surface area contributed by atoms with Gasteiger partial charge < -0.3 is 14.6 Å². The molecule has 0 aliphatic carbocycles. The largest absolute Gasteiger partial charge is 0.393 e. The molecule has 0 saturated carbocycles. The van der Waals surface area contributed by atoms with E-state index in [0.717, 1.165) is 5.56 Å². The van der Waals surface area contributed by atoms with Crippen LogP contribution in [-0.4, -0.2) is 30.6 Å². The lowest BCUT2D eigenvalue weighted by Crippen LogP contribution is -2.12. The van der Waals surface area contributed by atoms with Crippen LogP contribution in [0.2, 0.25) is 5.02 Å². The van der Waals surface area contributed by atoms with Gasteiger partial charge in [0.05, 0.1) is 17.3 Å². The summed E-state index contributed by atoms with van der Waals surface area (Å²) in [5.41, 5.74) is 1.94. The van der Waals surface area contributed by atoms with Gasteiger partial charge in [-0.2, -0.15) is 0 Å². The first-order chi connectivity index (χ1) is 10.7. The van der Waals surface area contributed by atoms with Gasteiger partial charge in [-0.15, -0.1) is 0 Å². The third-order valence-electron chi connectivity index (χ3n) is 3.16. The van der Waals surface area contributed by atoms with Crippen LogP contribution < -0.4 is 0 Å². The van der Waals surface area contributed by atoms with Crippen LogP contribution in [0.15, 0.2) is 36.5 Å². The van der Waals surface area contributed by atoms with E-state index in [4.69, 9.17) is 21.1 Å². The molecular weight excluding hydrogens is 309 g/mol. The molecule has 1 aromatic heterocycles. The number of benzene rings is 1. The van der Waals surface area contributed by atoms with Crippen LogP contribution in [0, 0.1) is 5.82 Å². The topological polar surface area (TPSA) is 51.6 Å². The minimum absolute atomic E-state index is 0.0718. The average Bonchev–Trinajstić information content (AvgIpc) is 2.54. The molecule has 1 aromatic carbocycles. The maximum Gasteiger partial charge on any atom is 0.147 e. The van der Waals surface area contributed by atoms with Gasteiger partial charge in [0.2, 0.25) is 0 Å². The van der Waals surface area contributed by atoms with E-state index in [2.05, 4.69) is 4.98 Å². The summed E-state index contributed by atoms with van der Waals surface area (Å²) in [6, 6.07) is 8.48. The Hall–Kier alpha value is -1.53. The van der Waals surface area contributed by atoms with Crippen molar-refractivity contribution in [3.63, 3.8) is 0 Å². The molecule has 1 atom stereocenters. The van der Waals surface area contributed by atoms with Gasteiger partial charge in [0.15, 0.2) is 0 Å². The minimum Gasteiger partial charge on any atom is -0.393 e. The molecule has 0 aliphatic rings. The molecule has 1 heterocycles. The van der Waals surface area contributed by atoms with Crippen molar-refractivity contribution in [1.29, 1.82) is 0 Å². The number of halogens is 2. The van der Waals surface area contributed by atoms with Crippen molar-refractivity contribution in [2.45, 2.75) is 12.5 Å². The second kappa shape index (κ2) is 8.19. The second-order valence-corrected chi connectivity index (χ2v) is 5.13. The summed E-state index contributed by atoms with van der Waals surface area (Å²) in [6.45, 7) is -0.124. The zero-order chi connectivity index (χ0) is 15.9. The number of nitrogens with zero attached hydrogens (tertiary/aromatic N) is 1. The molecule has 1 N–H and O–H groups in total. The first-order valence-corrected chi connectivity index (χ1v) is 7.12. The minimum atomic E-state index is -0.545. The second-order valence-electron chi connectivity index (χ2n) is 4.73. The number of pyridine rings is 1. The fourth-order valence-electron chi connectivity index (χ4n) is 2.02. The van der Waals surface area contributed by atoms with Gasteiger partial charge in [0.25, 0.3) is 0 Å². The SMILES string of the molecule is COCOC(CO)c1ccc(Cc2cccc(Cl)c2F)cn1. The number of hydrogen-bond acceptors (Lipinski definition) is 4. The van der Waals surface area contributed by atoms with Crippen molar-refractivity contribution in [1.82, 2.24) is 4.98 Å². The van der Waals surface area contributed by atoms with Crippen LogP contribution in [0.1, 0.15) is 22.9 Å². The molecule has 118 valence electrons. The van der Waals surface area contributed by atoms with Gasteiger partial charge in [0, 0.05) is 19.7 Å². The van der Waals surface area contributed by atoms with Crippen molar-refractivity contribution < 1.29 is 19.0 Å². The Balaban J connectivity index is 2.10. The van der Waals surface area contributed by atoms with E-state index >= 15 is 0 Å². The van der Waals surface area contributed by atoms with Crippen molar-refractivity contribution in [2.75, 3.05) is 20.5 Å². The number of ether oxygens (including phenoxy) is 2. The predicted octanol–water partition coefficient (Wildman–Crippen LogP) is 3.12. The summed E-state index contributed by atoms with van der Waals surface area (Å²) < 4.78 is 24.0. The molecule has 0 saturated heterocycles. The Labute approximate surface area is 133 Å². The van der Waals surface area contributed by atoms with Gasteiger partial charge >= 0.3 is 0 Å². The Kier molecular flexibility index (Phi) is 6.27. The molecule has 0 bridgehead atoms. The lowest BCUT2D eigenvalue weighted by Gasteiger charge is -2.14. The number of methoxy groups -OCH3 is 1. The van der Waals surface area contributed by atoms with Gasteiger partial charge in [-0.1, -0.05) is 29.8 Å². The highest BCUT2D eigenvalue weighted by molar-refractivity contribution is 6.30. The van der Waals surface area contributed by atoms with E-state index in [0.29, 0.717) is 17.7 Å². The maximum absolute atomic E-state index is 13.9. The quantitative estimate of drug-likeness (QED) is 0.795. The van der Waals surface area contributed by atoms with E-state index < -0.39 is 11.9 Å². The maximum atomic E-state index is 13.9. The molecule has 0 aliphatic heterocycles. The lowest BCUT2D eigenvalue weighted by atomic mass is 10.1. The lowest BCUT2D eigenvalue weighted by molar-refractivity contribution is -0.0902. The van der Waals surface area contributed by atoms with Gasteiger partial charge in [-0.25, -0.2) is 4.39 Å². The third kappa shape index (κ3) is 4.24. The van der Waals surface area contributed by atoms with E-state index in [1.165, 1.54) is 13.2 Å². The Bertz CT molecular complexity index is 607. The van der Waals surface area contributed by atoms with Gasteiger partial charge in [0.1, 0.15) is 18.7 Å². The molecule has 2 rings (SSSR count). The van der Waals surface area contributed by atoms with Crippen LogP contribution in [0.25, 0.3) is 0 Å². The highest BCUT2D eigenvalue weighted by Crippen LogP contribution is 2.21. The molecule has 4 nitrogen and oxygen atoms in total. The van der Waals surface area contributed by atoms with Crippen LogP contribution in [0.4, 0.5) is 4.39 Å². The highest BCUT2D eigenvalue weighted by Gasteiger charge is 2.13. The zero-order valence-electron chi connectivity index (χ0n) is 12.1. The van der Waals surface area contributed by atoms with E-state index in [9.17, 15) is 9.50 Å². The summed E-state index contributed by atoms with van der Waals surface area (Å²) in [7, 11) is 1.50. The highest BCUT2D eigenvalue weighted by atomic mass is 35.5. The molecular formula is C16H17ClFNO3. The third-order valence-corrected chi connectivity index (χ3v) is 3.45. The number of aliphatic hydroxyl groups is 1. The summed E-state index contributed by atoms with van der Waals surface area (Å²) in [4.78, 5) is 4.26. The van der Waals surface area contributed by atoms with E-state index in [1.54, 1.807) is 24.4 Å². The number of aromatic nitrogens is 1. The number of aliphatic hydroxyl groups excluding tert-OH is 1. The fourth-order valence-corrected chi connectivity index (χ4v) is 2.21. The van der Waals surface area contributed by atoms with Crippen LogP contribution in [-0.2, 0) is 15.9 Å². The smallest absolute Gasteiger partial charge is 0.147 e.